The first kappa shape index (κ1) is 12.2. The molecule has 1 N–H and O–H groups in total. The van der Waals surface area contributed by atoms with E-state index in [1.54, 1.807) is 18.2 Å². The number of nitrogens with zero attached hydrogens (tertiary/aromatic N) is 1. The van der Waals surface area contributed by atoms with Crippen LogP contribution in [0.15, 0.2) is 36.4 Å². The summed E-state index contributed by atoms with van der Waals surface area (Å²) < 4.78 is 25.7. The van der Waals surface area contributed by atoms with Gasteiger partial charge in [-0.15, -0.1) is 0 Å². The van der Waals surface area contributed by atoms with Crippen LogP contribution in [0.3, 0.4) is 0 Å². The maximum absolute atomic E-state index is 12.9. The van der Waals surface area contributed by atoms with Crippen molar-refractivity contribution in [3.63, 3.8) is 0 Å². The van der Waals surface area contributed by atoms with E-state index in [9.17, 15) is 13.6 Å². The number of anilines is 1. The first-order valence-electron chi connectivity index (χ1n) is 5.26. The number of rotatable bonds is 2. The van der Waals surface area contributed by atoms with E-state index in [0.29, 0.717) is 5.69 Å². The van der Waals surface area contributed by atoms with Crippen molar-refractivity contribution in [1.82, 2.24) is 4.98 Å². The smallest absolute Gasteiger partial charge is 0.255 e. The van der Waals surface area contributed by atoms with Crippen molar-refractivity contribution in [2.75, 3.05) is 5.32 Å². The number of benzene rings is 1. The van der Waals surface area contributed by atoms with Gasteiger partial charge in [-0.25, -0.2) is 0 Å². The van der Waals surface area contributed by atoms with Crippen molar-refractivity contribution in [1.29, 1.82) is 0 Å². The summed E-state index contributed by atoms with van der Waals surface area (Å²) in [5, 5.41) is 2.55. The Labute approximate surface area is 102 Å². The predicted molar refractivity (Wildman–Crippen MR) is 63.3 cm³/mol. The van der Waals surface area contributed by atoms with Crippen molar-refractivity contribution >= 4 is 11.6 Å². The SMILES string of the molecule is Cc1cccc(NC(=O)c2cc(F)nc(F)c2)c1. The molecule has 5 heteroatoms. The number of hydrogen-bond donors (Lipinski definition) is 1. The summed E-state index contributed by atoms with van der Waals surface area (Å²) in [6.45, 7) is 1.88. The molecule has 0 radical (unpaired) electrons. The molecule has 0 atom stereocenters. The van der Waals surface area contributed by atoms with Crippen LogP contribution in [0.25, 0.3) is 0 Å². The third kappa shape index (κ3) is 2.88. The summed E-state index contributed by atoms with van der Waals surface area (Å²) in [4.78, 5) is 14.7. The molecular weight excluding hydrogens is 238 g/mol. The van der Waals surface area contributed by atoms with Crippen LogP contribution in [-0.2, 0) is 0 Å². The number of nitrogens with one attached hydrogen (secondary N) is 1. The van der Waals surface area contributed by atoms with Crippen LogP contribution >= 0.6 is 0 Å². The predicted octanol–water partition coefficient (Wildman–Crippen LogP) is 2.92. The van der Waals surface area contributed by atoms with Crippen molar-refractivity contribution in [3.8, 4) is 0 Å². The standard InChI is InChI=1S/C13H10F2N2O/c1-8-3-2-4-10(5-8)16-13(18)9-6-11(14)17-12(15)7-9/h2-7H,1H3,(H,16,18). The summed E-state index contributed by atoms with van der Waals surface area (Å²) in [7, 11) is 0. The molecule has 1 aromatic carbocycles. The molecule has 1 amide bonds. The molecule has 0 spiro atoms. The number of halogens is 2. The van der Waals surface area contributed by atoms with Gasteiger partial charge >= 0.3 is 0 Å². The molecule has 0 aliphatic carbocycles. The Hall–Kier alpha value is -2.30. The third-order valence-electron chi connectivity index (χ3n) is 2.30. The van der Waals surface area contributed by atoms with E-state index in [0.717, 1.165) is 17.7 Å². The molecule has 2 aromatic rings. The van der Waals surface area contributed by atoms with E-state index in [-0.39, 0.29) is 5.56 Å². The number of aromatic nitrogens is 1. The van der Waals surface area contributed by atoms with Crippen LogP contribution in [0, 0.1) is 18.8 Å². The van der Waals surface area contributed by atoms with Gasteiger partial charge in [-0.3, -0.25) is 4.79 Å². The van der Waals surface area contributed by atoms with Crippen molar-refractivity contribution < 1.29 is 13.6 Å². The molecule has 0 unspecified atom stereocenters. The minimum atomic E-state index is -1.02. The Morgan fingerprint density at radius 2 is 1.83 bits per heavy atom. The van der Waals surface area contributed by atoms with Crippen molar-refractivity contribution in [3.05, 3.63) is 59.4 Å². The summed E-state index contributed by atoms with van der Waals surface area (Å²) in [6.07, 6.45) is 0. The highest BCUT2D eigenvalue weighted by Gasteiger charge is 2.10. The van der Waals surface area contributed by atoms with Crippen LogP contribution in [0.4, 0.5) is 14.5 Å². The number of carbonyl (C=O) groups is 1. The molecule has 18 heavy (non-hydrogen) atoms. The van der Waals surface area contributed by atoms with Gasteiger partial charge < -0.3 is 5.32 Å². The monoisotopic (exact) mass is 248 g/mol. The number of pyridine rings is 1. The zero-order valence-corrected chi connectivity index (χ0v) is 9.58. The highest BCUT2D eigenvalue weighted by Crippen LogP contribution is 2.12. The number of hydrogen-bond acceptors (Lipinski definition) is 2. The Kier molecular flexibility index (Phi) is 3.32. The lowest BCUT2D eigenvalue weighted by atomic mass is 10.2. The van der Waals surface area contributed by atoms with Gasteiger partial charge in [0.15, 0.2) is 0 Å². The second-order valence-electron chi connectivity index (χ2n) is 3.82. The Morgan fingerprint density at radius 3 is 2.44 bits per heavy atom. The molecule has 0 saturated carbocycles. The highest BCUT2D eigenvalue weighted by molar-refractivity contribution is 6.04. The Balaban J connectivity index is 2.22. The first-order valence-corrected chi connectivity index (χ1v) is 5.26. The number of carbonyl (C=O) groups excluding carboxylic acids is 1. The van der Waals surface area contributed by atoms with Gasteiger partial charge in [0.25, 0.3) is 5.91 Å². The number of amides is 1. The van der Waals surface area contributed by atoms with E-state index in [2.05, 4.69) is 10.3 Å². The van der Waals surface area contributed by atoms with Crippen molar-refractivity contribution in [2.45, 2.75) is 6.92 Å². The van der Waals surface area contributed by atoms with Crippen LogP contribution in [0.1, 0.15) is 15.9 Å². The summed E-state index contributed by atoms with van der Waals surface area (Å²) in [5.74, 6) is -2.63. The minimum absolute atomic E-state index is 0.110. The molecule has 0 bridgehead atoms. The quantitative estimate of drug-likeness (QED) is 0.830. The highest BCUT2D eigenvalue weighted by atomic mass is 19.1. The van der Waals surface area contributed by atoms with Gasteiger partial charge in [-0.2, -0.15) is 13.8 Å². The normalized spacial score (nSPS) is 10.2. The fourth-order valence-corrected chi connectivity index (χ4v) is 1.52. The largest absolute Gasteiger partial charge is 0.322 e. The maximum atomic E-state index is 12.9. The Bertz CT molecular complexity index is 579. The molecule has 3 nitrogen and oxygen atoms in total. The minimum Gasteiger partial charge on any atom is -0.322 e. The molecule has 2 rings (SSSR count). The molecule has 0 aliphatic heterocycles. The van der Waals surface area contributed by atoms with Crippen molar-refractivity contribution in [2.24, 2.45) is 0 Å². The average Bonchev–Trinajstić information content (AvgIpc) is 2.27. The molecule has 1 aromatic heterocycles. The van der Waals surface area contributed by atoms with Gasteiger partial charge in [0.05, 0.1) is 0 Å². The van der Waals surface area contributed by atoms with E-state index < -0.39 is 17.8 Å². The van der Waals surface area contributed by atoms with Gasteiger partial charge in [-0.1, -0.05) is 12.1 Å². The fraction of sp³-hybridized carbons (Fsp3) is 0.0769. The lowest BCUT2D eigenvalue weighted by Crippen LogP contribution is -2.13. The van der Waals surface area contributed by atoms with Crippen LogP contribution in [0.5, 0.6) is 0 Å². The van der Waals surface area contributed by atoms with E-state index in [4.69, 9.17) is 0 Å². The zero-order valence-electron chi connectivity index (χ0n) is 9.58. The van der Waals surface area contributed by atoms with Crippen LogP contribution in [-0.4, -0.2) is 10.9 Å². The molecule has 92 valence electrons. The first-order chi connectivity index (χ1) is 8.54. The molecule has 0 aliphatic rings. The molecule has 0 fully saturated rings. The van der Waals surface area contributed by atoms with Gasteiger partial charge in [0.2, 0.25) is 11.9 Å². The Morgan fingerprint density at radius 1 is 1.17 bits per heavy atom. The van der Waals surface area contributed by atoms with E-state index in [1.807, 2.05) is 13.0 Å². The third-order valence-corrected chi connectivity index (χ3v) is 2.30. The zero-order chi connectivity index (χ0) is 13.1. The second kappa shape index (κ2) is 4.91. The topological polar surface area (TPSA) is 42.0 Å². The summed E-state index contributed by atoms with van der Waals surface area (Å²) >= 11 is 0. The van der Waals surface area contributed by atoms with Crippen LogP contribution in [0.2, 0.25) is 0 Å². The molecular formula is C13H10F2N2O. The fourth-order valence-electron chi connectivity index (χ4n) is 1.52. The second-order valence-corrected chi connectivity index (χ2v) is 3.82. The van der Waals surface area contributed by atoms with E-state index >= 15 is 0 Å². The lowest BCUT2D eigenvalue weighted by molar-refractivity contribution is 0.102. The summed E-state index contributed by atoms with van der Waals surface area (Å²) in [5.41, 5.74) is 1.43. The molecule has 0 saturated heterocycles. The van der Waals surface area contributed by atoms with Gasteiger partial charge in [-0.05, 0) is 24.6 Å². The van der Waals surface area contributed by atoms with Crippen LogP contribution < -0.4 is 5.32 Å². The van der Waals surface area contributed by atoms with Gasteiger partial charge in [0, 0.05) is 23.4 Å². The van der Waals surface area contributed by atoms with Gasteiger partial charge in [0.1, 0.15) is 0 Å². The summed E-state index contributed by atoms with van der Waals surface area (Å²) in [6, 6.07) is 8.87. The average molecular weight is 248 g/mol. The number of aryl methyl sites for hydroxylation is 1. The molecule has 1 heterocycles. The maximum Gasteiger partial charge on any atom is 0.255 e. The van der Waals surface area contributed by atoms with E-state index in [1.165, 1.54) is 0 Å². The lowest BCUT2D eigenvalue weighted by Gasteiger charge is -2.06.